The van der Waals surface area contributed by atoms with Crippen molar-refractivity contribution in [3.8, 4) is 5.75 Å². The van der Waals surface area contributed by atoms with E-state index in [0.717, 1.165) is 6.07 Å². The lowest BCUT2D eigenvalue weighted by Gasteiger charge is -2.12. The van der Waals surface area contributed by atoms with Crippen LogP contribution in [0.25, 0.3) is 0 Å². The predicted molar refractivity (Wildman–Crippen MR) is 66.0 cm³/mol. The second-order valence-corrected chi connectivity index (χ2v) is 6.40. The van der Waals surface area contributed by atoms with E-state index in [-0.39, 0.29) is 16.3 Å². The minimum Gasteiger partial charge on any atom is -0.495 e. The molecule has 0 aliphatic carbocycles. The van der Waals surface area contributed by atoms with Crippen molar-refractivity contribution in [2.24, 2.45) is 5.14 Å². The van der Waals surface area contributed by atoms with Crippen LogP contribution in [-0.4, -0.2) is 31.0 Å². The number of primary sulfonamides is 1. The van der Waals surface area contributed by atoms with Crippen LogP contribution in [-0.2, 0) is 20.2 Å². The summed E-state index contributed by atoms with van der Waals surface area (Å²) in [6.07, 6.45) is 0. The van der Waals surface area contributed by atoms with Crippen LogP contribution >= 0.6 is 0 Å². The van der Waals surface area contributed by atoms with E-state index in [9.17, 15) is 16.8 Å². The Morgan fingerprint density at radius 3 is 2.28 bits per heavy atom. The van der Waals surface area contributed by atoms with Gasteiger partial charge in [-0.1, -0.05) is 0 Å². The van der Waals surface area contributed by atoms with Crippen LogP contribution in [0.3, 0.4) is 0 Å². The molecule has 102 valence electrons. The zero-order valence-electron chi connectivity index (χ0n) is 9.67. The smallest absolute Gasteiger partial charge is 0.298 e. The molecule has 1 aromatic rings. The second-order valence-electron chi connectivity index (χ2n) is 3.22. The molecule has 1 aromatic carbocycles. The molecule has 0 radical (unpaired) electrons. The van der Waals surface area contributed by atoms with Crippen molar-refractivity contribution in [2.75, 3.05) is 18.9 Å². The maximum absolute atomic E-state index is 11.3. The monoisotopic (exact) mass is 295 g/mol. The fourth-order valence-corrected chi connectivity index (χ4v) is 2.23. The molecule has 0 aliphatic heterocycles. The van der Waals surface area contributed by atoms with E-state index < -0.39 is 20.2 Å². The van der Waals surface area contributed by atoms with Crippen molar-refractivity contribution >= 4 is 25.9 Å². The lowest BCUT2D eigenvalue weighted by atomic mass is 10.3. The van der Waals surface area contributed by atoms with Crippen molar-refractivity contribution in [3.63, 3.8) is 0 Å². The third-order valence-electron chi connectivity index (χ3n) is 2.01. The summed E-state index contributed by atoms with van der Waals surface area (Å²) in [4.78, 5) is -0.225. The second kappa shape index (κ2) is 5.10. The first-order valence-corrected chi connectivity index (χ1v) is 7.64. The van der Waals surface area contributed by atoms with Crippen LogP contribution in [0.2, 0.25) is 0 Å². The van der Waals surface area contributed by atoms with E-state index in [2.05, 4.69) is 4.72 Å². The largest absolute Gasteiger partial charge is 0.495 e. The zero-order chi connectivity index (χ0) is 14.0. The van der Waals surface area contributed by atoms with Crippen LogP contribution in [0.4, 0.5) is 5.69 Å². The Kier molecular flexibility index (Phi) is 4.16. The zero-order valence-corrected chi connectivity index (χ0v) is 11.3. The van der Waals surface area contributed by atoms with E-state index in [0.29, 0.717) is 0 Å². The summed E-state index contributed by atoms with van der Waals surface area (Å²) in [5.41, 5.74) is -0.0293. The summed E-state index contributed by atoms with van der Waals surface area (Å²) < 4.78 is 54.1. The first kappa shape index (κ1) is 14.7. The Morgan fingerprint density at radius 2 is 1.83 bits per heavy atom. The number of hydrogen-bond acceptors (Lipinski definition) is 5. The number of benzene rings is 1. The lowest BCUT2D eigenvalue weighted by molar-refractivity contribution is 0.416. The predicted octanol–water partition coefficient (Wildman–Crippen LogP) is -0.781. The van der Waals surface area contributed by atoms with Gasteiger partial charge in [-0.05, 0) is 18.2 Å². The fourth-order valence-electron chi connectivity index (χ4n) is 1.14. The van der Waals surface area contributed by atoms with Gasteiger partial charge in [-0.15, -0.1) is 0 Å². The molecular formula is C8H13N3O5S2. The third kappa shape index (κ3) is 3.57. The number of nitrogens with one attached hydrogen (secondary N) is 2. The van der Waals surface area contributed by atoms with E-state index in [1.807, 2.05) is 4.72 Å². The van der Waals surface area contributed by atoms with Gasteiger partial charge in [-0.3, -0.25) is 4.72 Å². The van der Waals surface area contributed by atoms with Crippen LogP contribution in [0.1, 0.15) is 0 Å². The summed E-state index contributed by atoms with van der Waals surface area (Å²) in [5.74, 6) is 0.168. The molecule has 1 rings (SSSR count). The van der Waals surface area contributed by atoms with Gasteiger partial charge in [-0.2, -0.15) is 8.42 Å². The molecule has 0 unspecified atom stereocenters. The van der Waals surface area contributed by atoms with E-state index in [4.69, 9.17) is 9.88 Å². The Labute approximate surface area is 105 Å². The number of ether oxygens (including phenoxy) is 1. The average Bonchev–Trinajstić information content (AvgIpc) is 2.27. The highest BCUT2D eigenvalue weighted by molar-refractivity contribution is 7.90. The standard InChI is InChI=1S/C8H13N3O5S2/c1-10-18(14,15)11-7-5-6(17(9,12)13)3-4-8(7)16-2/h3-5,10-11H,1-2H3,(H2,9,12,13). The van der Waals surface area contributed by atoms with Gasteiger partial charge in [0.05, 0.1) is 17.7 Å². The Balaban J connectivity index is 3.32. The van der Waals surface area contributed by atoms with Crippen LogP contribution in [0.15, 0.2) is 23.1 Å². The molecule has 18 heavy (non-hydrogen) atoms. The van der Waals surface area contributed by atoms with Crippen molar-refractivity contribution in [3.05, 3.63) is 18.2 Å². The maximum atomic E-state index is 11.3. The number of rotatable bonds is 5. The normalized spacial score (nSPS) is 12.2. The Bertz CT molecular complexity index is 639. The molecule has 0 bridgehead atoms. The van der Waals surface area contributed by atoms with Crippen LogP contribution < -0.4 is 19.3 Å². The van der Waals surface area contributed by atoms with Crippen molar-refractivity contribution < 1.29 is 21.6 Å². The molecule has 0 aliphatic rings. The van der Waals surface area contributed by atoms with Crippen molar-refractivity contribution in [2.45, 2.75) is 4.90 Å². The fraction of sp³-hybridized carbons (Fsp3) is 0.250. The molecule has 0 saturated heterocycles. The molecule has 10 heteroatoms. The summed E-state index contributed by atoms with van der Waals surface area (Å²) in [6, 6.07) is 3.58. The van der Waals surface area contributed by atoms with Gasteiger partial charge in [0.2, 0.25) is 10.0 Å². The maximum Gasteiger partial charge on any atom is 0.298 e. The minimum absolute atomic E-state index is 0.0293. The van der Waals surface area contributed by atoms with Gasteiger partial charge in [0.25, 0.3) is 10.2 Å². The quantitative estimate of drug-likeness (QED) is 0.656. The van der Waals surface area contributed by atoms with Crippen LogP contribution in [0, 0.1) is 0 Å². The summed E-state index contributed by atoms with van der Waals surface area (Å²) in [7, 11) is -5.18. The highest BCUT2D eigenvalue weighted by atomic mass is 32.2. The van der Waals surface area contributed by atoms with Crippen molar-refractivity contribution in [1.82, 2.24) is 4.72 Å². The van der Waals surface area contributed by atoms with E-state index in [1.165, 1.54) is 26.3 Å². The molecule has 4 N–H and O–H groups in total. The molecule has 0 heterocycles. The first-order valence-electron chi connectivity index (χ1n) is 4.62. The van der Waals surface area contributed by atoms with Gasteiger partial charge in [0.1, 0.15) is 5.75 Å². The number of hydrogen-bond donors (Lipinski definition) is 3. The van der Waals surface area contributed by atoms with Gasteiger partial charge < -0.3 is 4.74 Å². The van der Waals surface area contributed by atoms with Gasteiger partial charge in [0.15, 0.2) is 0 Å². The number of sulfonamides is 1. The topological polar surface area (TPSA) is 128 Å². The summed E-state index contributed by atoms with van der Waals surface area (Å²) in [6.45, 7) is 0. The Hall–Kier alpha value is -1.36. The molecule has 0 spiro atoms. The molecule has 0 aromatic heterocycles. The minimum atomic E-state index is -3.92. The molecule has 0 amide bonds. The van der Waals surface area contributed by atoms with Crippen LogP contribution in [0.5, 0.6) is 5.75 Å². The van der Waals surface area contributed by atoms with E-state index in [1.54, 1.807) is 0 Å². The number of methoxy groups -OCH3 is 1. The molecule has 8 nitrogen and oxygen atoms in total. The molecule has 0 fully saturated rings. The number of anilines is 1. The van der Waals surface area contributed by atoms with Gasteiger partial charge in [-0.25, -0.2) is 18.3 Å². The molecule has 0 atom stereocenters. The SMILES string of the molecule is CNS(=O)(=O)Nc1cc(S(N)(=O)=O)ccc1OC. The molecular weight excluding hydrogens is 282 g/mol. The Morgan fingerprint density at radius 1 is 1.22 bits per heavy atom. The van der Waals surface area contributed by atoms with Crippen molar-refractivity contribution in [1.29, 1.82) is 0 Å². The molecule has 0 saturated carbocycles. The lowest BCUT2D eigenvalue weighted by Crippen LogP contribution is -2.26. The summed E-state index contributed by atoms with van der Waals surface area (Å²) >= 11 is 0. The number of nitrogens with two attached hydrogens (primary N) is 1. The summed E-state index contributed by atoms with van der Waals surface area (Å²) in [5, 5.41) is 4.95. The van der Waals surface area contributed by atoms with Gasteiger partial charge >= 0.3 is 0 Å². The van der Waals surface area contributed by atoms with E-state index >= 15 is 0 Å². The third-order valence-corrected chi connectivity index (χ3v) is 3.95. The highest BCUT2D eigenvalue weighted by Gasteiger charge is 2.15. The average molecular weight is 295 g/mol. The van der Waals surface area contributed by atoms with Gasteiger partial charge in [0, 0.05) is 7.05 Å². The first-order chi connectivity index (χ1) is 8.19. The highest BCUT2D eigenvalue weighted by Crippen LogP contribution is 2.27.